The molecule has 2 aliphatic rings. The van der Waals surface area contributed by atoms with E-state index in [1.165, 1.54) is 6.42 Å². The molecule has 0 saturated carbocycles. The Morgan fingerprint density at radius 1 is 1.24 bits per heavy atom. The van der Waals surface area contributed by atoms with Crippen molar-refractivity contribution in [1.29, 1.82) is 0 Å². The van der Waals surface area contributed by atoms with Gasteiger partial charge < -0.3 is 15.5 Å². The first kappa shape index (κ1) is 17.5. The number of nitrogens with one attached hydrogen (secondary N) is 2. The van der Waals surface area contributed by atoms with Crippen molar-refractivity contribution >= 4 is 23.4 Å². The summed E-state index contributed by atoms with van der Waals surface area (Å²) >= 11 is 0. The summed E-state index contributed by atoms with van der Waals surface area (Å²) in [5.41, 5.74) is 0.965. The minimum absolute atomic E-state index is 0.0790. The first-order chi connectivity index (χ1) is 12.1. The smallest absolute Gasteiger partial charge is 0.254 e. The molecule has 2 atom stereocenters. The van der Waals surface area contributed by atoms with Crippen LogP contribution in [-0.2, 0) is 9.59 Å². The van der Waals surface area contributed by atoms with Gasteiger partial charge in [-0.15, -0.1) is 0 Å². The number of hydrogen-bond acceptors (Lipinski definition) is 3. The zero-order chi connectivity index (χ0) is 17.8. The van der Waals surface area contributed by atoms with Crippen LogP contribution in [0.25, 0.3) is 0 Å². The molecule has 2 unspecified atom stereocenters. The van der Waals surface area contributed by atoms with E-state index in [0.29, 0.717) is 23.7 Å². The minimum atomic E-state index is -0.686. The number of fused-ring (bicyclic) bond motifs is 1. The van der Waals surface area contributed by atoms with Crippen LogP contribution in [0.1, 0.15) is 55.8 Å². The lowest BCUT2D eigenvalue weighted by molar-refractivity contribution is -0.135. The maximum absolute atomic E-state index is 12.6. The SMILES string of the molecule is CCC1CCCCN1C(=O)CCC1NC(=O)c2ccccc2NC1=O. The number of benzene rings is 1. The molecule has 6 nitrogen and oxygen atoms in total. The summed E-state index contributed by atoms with van der Waals surface area (Å²) in [6, 6.07) is 6.54. The zero-order valence-electron chi connectivity index (χ0n) is 14.6. The summed E-state index contributed by atoms with van der Waals surface area (Å²) in [4.78, 5) is 39.2. The second kappa shape index (κ2) is 7.68. The van der Waals surface area contributed by atoms with Crippen molar-refractivity contribution in [2.75, 3.05) is 11.9 Å². The molecule has 1 aromatic rings. The van der Waals surface area contributed by atoms with Gasteiger partial charge in [-0.2, -0.15) is 0 Å². The van der Waals surface area contributed by atoms with Crippen molar-refractivity contribution in [3.05, 3.63) is 29.8 Å². The molecule has 1 saturated heterocycles. The van der Waals surface area contributed by atoms with Gasteiger partial charge in [-0.3, -0.25) is 14.4 Å². The van der Waals surface area contributed by atoms with Crippen LogP contribution >= 0.6 is 0 Å². The van der Waals surface area contributed by atoms with Crippen LogP contribution < -0.4 is 10.6 Å². The molecule has 6 heteroatoms. The Hall–Kier alpha value is -2.37. The highest BCUT2D eigenvalue weighted by Gasteiger charge is 2.30. The fourth-order valence-electron chi connectivity index (χ4n) is 3.68. The molecule has 0 aliphatic carbocycles. The van der Waals surface area contributed by atoms with Crippen molar-refractivity contribution in [2.24, 2.45) is 0 Å². The Labute approximate surface area is 148 Å². The van der Waals surface area contributed by atoms with Crippen LogP contribution in [0.4, 0.5) is 5.69 Å². The van der Waals surface area contributed by atoms with Crippen LogP contribution in [0.5, 0.6) is 0 Å². The molecule has 2 aliphatic heterocycles. The fraction of sp³-hybridized carbons (Fsp3) is 0.526. The normalized spacial score (nSPS) is 23.3. The number of piperidine rings is 1. The van der Waals surface area contributed by atoms with Gasteiger partial charge in [-0.1, -0.05) is 19.1 Å². The predicted molar refractivity (Wildman–Crippen MR) is 95.2 cm³/mol. The van der Waals surface area contributed by atoms with Gasteiger partial charge in [0, 0.05) is 19.0 Å². The van der Waals surface area contributed by atoms with Crippen molar-refractivity contribution < 1.29 is 14.4 Å². The van der Waals surface area contributed by atoms with Crippen molar-refractivity contribution in [2.45, 2.75) is 57.5 Å². The summed E-state index contributed by atoms with van der Waals surface area (Å²) in [5, 5.41) is 5.53. The number of hydrogen-bond donors (Lipinski definition) is 2. The second-order valence-electron chi connectivity index (χ2n) is 6.74. The summed E-state index contributed by atoms with van der Waals surface area (Å²) in [7, 11) is 0. The predicted octanol–water partition coefficient (Wildman–Crippen LogP) is 2.31. The van der Waals surface area contributed by atoms with Gasteiger partial charge in [0.1, 0.15) is 6.04 Å². The van der Waals surface area contributed by atoms with E-state index in [2.05, 4.69) is 17.6 Å². The monoisotopic (exact) mass is 343 g/mol. The third-order valence-electron chi connectivity index (χ3n) is 5.12. The van der Waals surface area contributed by atoms with E-state index in [-0.39, 0.29) is 24.1 Å². The van der Waals surface area contributed by atoms with Crippen LogP contribution in [0.2, 0.25) is 0 Å². The van der Waals surface area contributed by atoms with Gasteiger partial charge in [0.15, 0.2) is 0 Å². The van der Waals surface area contributed by atoms with Gasteiger partial charge in [-0.05, 0) is 44.2 Å². The summed E-state index contributed by atoms with van der Waals surface area (Å²) in [6.45, 7) is 2.90. The molecule has 2 N–H and O–H groups in total. The number of nitrogens with zero attached hydrogens (tertiary/aromatic N) is 1. The Bertz CT molecular complexity index is 674. The number of anilines is 1. The van der Waals surface area contributed by atoms with Crippen LogP contribution in [0.15, 0.2) is 24.3 Å². The molecule has 2 heterocycles. The van der Waals surface area contributed by atoms with E-state index in [1.54, 1.807) is 24.3 Å². The molecular formula is C19H25N3O3. The molecule has 3 rings (SSSR count). The van der Waals surface area contributed by atoms with Gasteiger partial charge in [0.25, 0.3) is 5.91 Å². The third kappa shape index (κ3) is 3.83. The lowest BCUT2D eigenvalue weighted by Crippen LogP contribution is -2.45. The molecule has 25 heavy (non-hydrogen) atoms. The number of rotatable bonds is 4. The molecule has 1 aromatic carbocycles. The molecule has 134 valence electrons. The first-order valence-electron chi connectivity index (χ1n) is 9.10. The van der Waals surface area contributed by atoms with Crippen molar-refractivity contribution in [1.82, 2.24) is 10.2 Å². The quantitative estimate of drug-likeness (QED) is 0.880. The minimum Gasteiger partial charge on any atom is -0.340 e. The van der Waals surface area contributed by atoms with Crippen molar-refractivity contribution in [3.63, 3.8) is 0 Å². The standard InChI is InChI=1S/C19H25N3O3/c1-2-13-7-5-6-12-22(13)17(23)11-10-16-19(25)20-15-9-4-3-8-14(15)18(24)21-16/h3-4,8-9,13,16H,2,5-7,10-12H2,1H3,(H,20,25)(H,21,24). The average molecular weight is 343 g/mol. The van der Waals surface area contributed by atoms with Crippen molar-refractivity contribution in [3.8, 4) is 0 Å². The van der Waals surface area contributed by atoms with E-state index < -0.39 is 6.04 Å². The van der Waals surface area contributed by atoms with E-state index >= 15 is 0 Å². The lowest BCUT2D eigenvalue weighted by atomic mass is 9.99. The Morgan fingerprint density at radius 3 is 2.84 bits per heavy atom. The number of carbonyl (C=O) groups is 3. The third-order valence-corrected chi connectivity index (χ3v) is 5.12. The van der Waals surface area contributed by atoms with E-state index in [9.17, 15) is 14.4 Å². The fourth-order valence-corrected chi connectivity index (χ4v) is 3.68. The van der Waals surface area contributed by atoms with Gasteiger partial charge in [0.2, 0.25) is 11.8 Å². The molecular weight excluding hydrogens is 318 g/mol. The Morgan fingerprint density at radius 2 is 2.04 bits per heavy atom. The lowest BCUT2D eigenvalue weighted by Gasteiger charge is -2.35. The number of para-hydroxylation sites is 1. The highest BCUT2D eigenvalue weighted by molar-refractivity contribution is 6.09. The number of likely N-dealkylation sites (tertiary alicyclic amines) is 1. The highest BCUT2D eigenvalue weighted by Crippen LogP contribution is 2.22. The van der Waals surface area contributed by atoms with E-state index in [0.717, 1.165) is 25.8 Å². The Balaban J connectivity index is 1.62. The summed E-state index contributed by atoms with van der Waals surface area (Å²) in [5.74, 6) is -0.469. The first-order valence-corrected chi connectivity index (χ1v) is 9.10. The molecule has 0 spiro atoms. The maximum Gasteiger partial charge on any atom is 0.254 e. The van der Waals surface area contributed by atoms with Gasteiger partial charge >= 0.3 is 0 Å². The largest absolute Gasteiger partial charge is 0.340 e. The number of carbonyl (C=O) groups excluding carboxylic acids is 3. The van der Waals surface area contributed by atoms with Crippen LogP contribution in [0, 0.1) is 0 Å². The van der Waals surface area contributed by atoms with Crippen LogP contribution in [0.3, 0.4) is 0 Å². The second-order valence-corrected chi connectivity index (χ2v) is 6.74. The summed E-state index contributed by atoms with van der Waals surface area (Å²) < 4.78 is 0. The number of amides is 3. The Kier molecular flexibility index (Phi) is 5.36. The van der Waals surface area contributed by atoms with Crippen LogP contribution in [-0.4, -0.2) is 41.2 Å². The molecule has 3 amide bonds. The maximum atomic E-state index is 12.6. The highest BCUT2D eigenvalue weighted by atomic mass is 16.2. The van der Waals surface area contributed by atoms with Gasteiger partial charge in [-0.25, -0.2) is 0 Å². The molecule has 0 aromatic heterocycles. The summed E-state index contributed by atoms with van der Waals surface area (Å²) in [6.07, 6.45) is 4.81. The average Bonchev–Trinajstić information content (AvgIpc) is 2.76. The van der Waals surface area contributed by atoms with E-state index in [4.69, 9.17) is 0 Å². The molecule has 0 radical (unpaired) electrons. The van der Waals surface area contributed by atoms with Gasteiger partial charge in [0.05, 0.1) is 11.3 Å². The van der Waals surface area contributed by atoms with E-state index in [1.807, 2.05) is 4.90 Å². The zero-order valence-corrected chi connectivity index (χ0v) is 14.6. The molecule has 0 bridgehead atoms. The molecule has 1 fully saturated rings. The topological polar surface area (TPSA) is 78.5 Å².